The number of carbonyl (C=O) groups excluding carboxylic acids is 1. The van der Waals surface area contributed by atoms with Crippen molar-refractivity contribution in [1.82, 2.24) is 10.6 Å². The average Bonchev–Trinajstić information content (AvgIpc) is 2.59. The summed E-state index contributed by atoms with van der Waals surface area (Å²) in [6.45, 7) is 0.389. The van der Waals surface area contributed by atoms with E-state index in [9.17, 15) is 9.18 Å². The Morgan fingerprint density at radius 2 is 1.79 bits per heavy atom. The third-order valence-corrected chi connectivity index (χ3v) is 3.63. The Morgan fingerprint density at radius 1 is 1.12 bits per heavy atom. The summed E-state index contributed by atoms with van der Waals surface area (Å²) in [6.07, 6.45) is 1.27. The summed E-state index contributed by atoms with van der Waals surface area (Å²) in [4.78, 5) is 12.0. The number of nitrogens with one attached hydrogen (secondary N) is 2. The fourth-order valence-electron chi connectivity index (χ4n) is 1.97. The summed E-state index contributed by atoms with van der Waals surface area (Å²) < 4.78 is 13.5. The molecule has 0 heterocycles. The van der Waals surface area contributed by atoms with Gasteiger partial charge in [-0.15, -0.1) is 0 Å². The highest BCUT2D eigenvalue weighted by atomic mass is 35.5. The van der Waals surface area contributed by atoms with Crippen molar-refractivity contribution in [2.24, 2.45) is 0 Å². The highest BCUT2D eigenvalue weighted by molar-refractivity contribution is 6.31. The molecule has 2 aromatic rings. The van der Waals surface area contributed by atoms with Gasteiger partial charge in [0.2, 0.25) is 0 Å². The van der Waals surface area contributed by atoms with E-state index in [4.69, 9.17) is 16.9 Å². The lowest BCUT2D eigenvalue weighted by Crippen LogP contribution is -2.25. The van der Waals surface area contributed by atoms with Gasteiger partial charge >= 0.3 is 0 Å². The van der Waals surface area contributed by atoms with E-state index in [0.717, 1.165) is 5.56 Å². The van der Waals surface area contributed by atoms with Crippen LogP contribution in [-0.2, 0) is 17.9 Å². The van der Waals surface area contributed by atoms with Crippen LogP contribution in [0.5, 0.6) is 0 Å². The minimum atomic E-state index is -0.529. The maximum Gasteiger partial charge on any atom is 0.263 e. The Labute approximate surface area is 144 Å². The van der Waals surface area contributed by atoms with E-state index >= 15 is 0 Å². The minimum absolute atomic E-state index is 0.0987. The summed E-state index contributed by atoms with van der Waals surface area (Å²) in [6, 6.07) is 15.2. The van der Waals surface area contributed by atoms with Gasteiger partial charge in [-0.25, -0.2) is 4.39 Å². The van der Waals surface area contributed by atoms with Crippen LogP contribution in [0.3, 0.4) is 0 Å². The molecule has 0 saturated heterocycles. The second-order valence-electron chi connectivity index (χ2n) is 4.92. The van der Waals surface area contributed by atoms with Crippen molar-refractivity contribution in [2.45, 2.75) is 13.1 Å². The Bertz CT molecular complexity index is 799. The second kappa shape index (κ2) is 8.70. The first-order chi connectivity index (χ1) is 11.6. The van der Waals surface area contributed by atoms with E-state index in [1.165, 1.54) is 12.3 Å². The van der Waals surface area contributed by atoms with Gasteiger partial charge in [0.25, 0.3) is 5.91 Å². The molecule has 0 unspecified atom stereocenters. The first-order valence-corrected chi connectivity index (χ1v) is 7.58. The maximum absolute atomic E-state index is 13.5. The van der Waals surface area contributed by atoms with Gasteiger partial charge in [-0.3, -0.25) is 4.79 Å². The number of benzene rings is 2. The molecular weight excluding hydrogens is 329 g/mol. The molecule has 0 aromatic heterocycles. The van der Waals surface area contributed by atoms with Crippen molar-refractivity contribution in [3.63, 3.8) is 0 Å². The fraction of sp³-hybridized carbons (Fsp3) is 0.111. The van der Waals surface area contributed by atoms with Gasteiger partial charge in [-0.05, 0) is 17.7 Å². The van der Waals surface area contributed by atoms with Gasteiger partial charge in [0.15, 0.2) is 0 Å². The van der Waals surface area contributed by atoms with E-state index in [1.54, 1.807) is 36.4 Å². The molecule has 0 aliphatic carbocycles. The van der Waals surface area contributed by atoms with Gasteiger partial charge in [-0.2, -0.15) is 5.26 Å². The standard InChI is InChI=1S/C18H15ClFN3O/c19-16-7-3-1-5-13(16)12-23-18(24)15(9-21)11-22-10-14-6-2-4-8-17(14)20/h1-8,11,22H,10,12H2,(H,23,24)/b15-11-. The molecular formula is C18H15ClFN3O. The van der Waals surface area contributed by atoms with Gasteiger partial charge in [0.1, 0.15) is 17.5 Å². The zero-order valence-electron chi connectivity index (χ0n) is 12.7. The Kier molecular flexibility index (Phi) is 6.35. The molecule has 2 aromatic carbocycles. The third-order valence-electron chi connectivity index (χ3n) is 3.26. The molecule has 0 fully saturated rings. The van der Waals surface area contributed by atoms with E-state index in [1.807, 2.05) is 12.1 Å². The van der Waals surface area contributed by atoms with Crippen LogP contribution >= 0.6 is 11.6 Å². The quantitative estimate of drug-likeness (QED) is 0.625. The van der Waals surface area contributed by atoms with Crippen LogP contribution in [0, 0.1) is 17.1 Å². The van der Waals surface area contributed by atoms with E-state index in [2.05, 4.69) is 10.6 Å². The van der Waals surface area contributed by atoms with Crippen LogP contribution in [0.4, 0.5) is 4.39 Å². The number of nitrogens with zero attached hydrogens (tertiary/aromatic N) is 1. The van der Waals surface area contributed by atoms with Gasteiger partial charge < -0.3 is 10.6 Å². The molecule has 0 saturated carbocycles. The van der Waals surface area contributed by atoms with E-state index in [0.29, 0.717) is 10.6 Å². The van der Waals surface area contributed by atoms with Crippen molar-refractivity contribution in [2.75, 3.05) is 0 Å². The smallest absolute Gasteiger partial charge is 0.263 e. The molecule has 0 radical (unpaired) electrons. The largest absolute Gasteiger partial charge is 0.385 e. The summed E-state index contributed by atoms with van der Waals surface area (Å²) in [5, 5.41) is 15.0. The molecule has 2 N–H and O–H groups in total. The van der Waals surface area contributed by atoms with Crippen molar-refractivity contribution in [1.29, 1.82) is 5.26 Å². The van der Waals surface area contributed by atoms with Gasteiger partial charge in [0, 0.05) is 29.9 Å². The van der Waals surface area contributed by atoms with E-state index < -0.39 is 5.91 Å². The van der Waals surface area contributed by atoms with Crippen LogP contribution in [0.15, 0.2) is 60.3 Å². The summed E-state index contributed by atoms with van der Waals surface area (Å²) >= 11 is 6.01. The predicted molar refractivity (Wildman–Crippen MR) is 90.2 cm³/mol. The third kappa shape index (κ3) is 4.83. The molecule has 122 valence electrons. The molecule has 4 nitrogen and oxygen atoms in total. The lowest BCUT2D eigenvalue weighted by atomic mass is 10.2. The van der Waals surface area contributed by atoms with Crippen molar-refractivity contribution in [3.05, 3.63) is 82.3 Å². The van der Waals surface area contributed by atoms with Crippen molar-refractivity contribution < 1.29 is 9.18 Å². The van der Waals surface area contributed by atoms with Crippen LogP contribution in [-0.4, -0.2) is 5.91 Å². The zero-order valence-corrected chi connectivity index (χ0v) is 13.5. The lowest BCUT2D eigenvalue weighted by molar-refractivity contribution is -0.117. The van der Waals surface area contributed by atoms with Crippen LogP contribution < -0.4 is 10.6 Å². The molecule has 0 aliphatic heterocycles. The lowest BCUT2D eigenvalue weighted by Gasteiger charge is -2.07. The number of rotatable bonds is 6. The number of carbonyl (C=O) groups is 1. The van der Waals surface area contributed by atoms with E-state index in [-0.39, 0.29) is 24.5 Å². The number of hydrogen-bond acceptors (Lipinski definition) is 3. The summed E-state index contributed by atoms with van der Waals surface area (Å²) in [7, 11) is 0. The number of halogens is 2. The molecule has 0 aliphatic rings. The second-order valence-corrected chi connectivity index (χ2v) is 5.32. The molecule has 0 atom stereocenters. The highest BCUT2D eigenvalue weighted by Crippen LogP contribution is 2.14. The topological polar surface area (TPSA) is 64.9 Å². The Morgan fingerprint density at radius 3 is 2.46 bits per heavy atom. The zero-order chi connectivity index (χ0) is 17.4. The SMILES string of the molecule is N#C/C(=C/NCc1ccccc1F)C(=O)NCc1ccccc1Cl. The predicted octanol–water partition coefficient (Wildman–Crippen LogP) is 3.29. The number of nitriles is 1. The Hall–Kier alpha value is -2.84. The monoisotopic (exact) mass is 343 g/mol. The summed E-state index contributed by atoms with van der Waals surface area (Å²) in [5.74, 6) is -0.876. The fourth-order valence-corrected chi connectivity index (χ4v) is 2.17. The number of hydrogen-bond donors (Lipinski definition) is 2. The first-order valence-electron chi connectivity index (χ1n) is 7.20. The van der Waals surface area contributed by atoms with Crippen molar-refractivity contribution >= 4 is 17.5 Å². The van der Waals surface area contributed by atoms with Gasteiger partial charge in [0.05, 0.1) is 0 Å². The Balaban J connectivity index is 1.92. The molecule has 6 heteroatoms. The van der Waals surface area contributed by atoms with Crippen LogP contribution in [0.25, 0.3) is 0 Å². The molecule has 24 heavy (non-hydrogen) atoms. The summed E-state index contributed by atoms with van der Waals surface area (Å²) in [5.41, 5.74) is 1.10. The van der Waals surface area contributed by atoms with Gasteiger partial charge in [-0.1, -0.05) is 48.0 Å². The van der Waals surface area contributed by atoms with Crippen LogP contribution in [0.2, 0.25) is 5.02 Å². The van der Waals surface area contributed by atoms with Crippen LogP contribution in [0.1, 0.15) is 11.1 Å². The first kappa shape index (κ1) is 17.5. The normalized spacial score (nSPS) is 10.8. The molecule has 0 spiro atoms. The average molecular weight is 344 g/mol. The number of amides is 1. The molecule has 0 bridgehead atoms. The molecule has 2 rings (SSSR count). The maximum atomic E-state index is 13.5. The minimum Gasteiger partial charge on any atom is -0.385 e. The van der Waals surface area contributed by atoms with Crippen molar-refractivity contribution in [3.8, 4) is 6.07 Å². The highest BCUT2D eigenvalue weighted by Gasteiger charge is 2.09. The molecule has 1 amide bonds.